The summed E-state index contributed by atoms with van der Waals surface area (Å²) in [5, 5.41) is 0.446. The van der Waals surface area contributed by atoms with Gasteiger partial charge in [-0.15, -0.1) is 0 Å². The number of nitrogens with zero attached hydrogens (tertiary/aromatic N) is 1. The topological polar surface area (TPSA) is 57.1 Å². The van der Waals surface area contributed by atoms with Gasteiger partial charge in [0.15, 0.2) is 17.2 Å². The van der Waals surface area contributed by atoms with Crippen molar-refractivity contribution >= 4 is 52.1 Å². The van der Waals surface area contributed by atoms with Crippen molar-refractivity contribution in [3.63, 3.8) is 0 Å². The van der Waals surface area contributed by atoms with E-state index in [-0.39, 0.29) is 24.0 Å². The normalized spacial score (nSPS) is 14.2. The van der Waals surface area contributed by atoms with Crippen molar-refractivity contribution < 1.29 is 23.4 Å². The lowest BCUT2D eigenvalue weighted by Gasteiger charge is -2.13. The van der Waals surface area contributed by atoms with Gasteiger partial charge >= 0.3 is 5.97 Å². The number of aliphatic imine (C=N–C) groups is 1. The molecule has 0 atom stereocenters. The molecule has 3 aromatic carbocycles. The first-order valence-electron chi connectivity index (χ1n) is 10.0. The summed E-state index contributed by atoms with van der Waals surface area (Å²) in [5.41, 5.74) is 2.09. The van der Waals surface area contributed by atoms with Gasteiger partial charge in [-0.05, 0) is 89.2 Å². The maximum absolute atomic E-state index is 13.4. The van der Waals surface area contributed by atoms with Crippen LogP contribution in [0.25, 0.3) is 6.08 Å². The van der Waals surface area contributed by atoms with Crippen LogP contribution in [0.4, 0.5) is 4.39 Å². The Morgan fingerprint density at radius 1 is 1.09 bits per heavy atom. The fourth-order valence-corrected chi connectivity index (χ4v) is 3.82. The monoisotopic (exact) mass is 577 g/mol. The first kappa shape index (κ1) is 23.3. The zero-order chi connectivity index (χ0) is 23.4. The van der Waals surface area contributed by atoms with Crippen molar-refractivity contribution in [2.75, 3.05) is 6.61 Å². The van der Waals surface area contributed by atoms with E-state index in [4.69, 9.17) is 25.8 Å². The highest BCUT2D eigenvalue weighted by Gasteiger charge is 2.26. The molecule has 0 radical (unpaired) electrons. The van der Waals surface area contributed by atoms with E-state index in [1.54, 1.807) is 48.5 Å². The summed E-state index contributed by atoms with van der Waals surface area (Å²) < 4.78 is 31.2. The molecule has 0 fully saturated rings. The summed E-state index contributed by atoms with van der Waals surface area (Å²) in [7, 11) is 0. The minimum atomic E-state index is -0.565. The number of hydrogen-bond acceptors (Lipinski definition) is 5. The predicted octanol–water partition coefficient (Wildman–Crippen LogP) is 6.41. The predicted molar refractivity (Wildman–Crippen MR) is 133 cm³/mol. The summed E-state index contributed by atoms with van der Waals surface area (Å²) in [6.45, 7) is 2.47. The molecule has 168 valence electrons. The van der Waals surface area contributed by atoms with Crippen LogP contribution >= 0.6 is 34.2 Å². The zero-order valence-electron chi connectivity index (χ0n) is 17.5. The third kappa shape index (κ3) is 5.72. The molecule has 0 N–H and O–H groups in total. The van der Waals surface area contributed by atoms with Crippen molar-refractivity contribution in [3.8, 4) is 11.5 Å². The van der Waals surface area contributed by atoms with E-state index in [1.165, 1.54) is 12.1 Å². The average Bonchev–Trinajstić information content (AvgIpc) is 3.15. The minimum absolute atomic E-state index is 0.149. The lowest BCUT2D eigenvalue weighted by molar-refractivity contribution is -0.129. The Morgan fingerprint density at radius 3 is 2.73 bits per heavy atom. The van der Waals surface area contributed by atoms with Crippen LogP contribution in [0, 0.1) is 9.39 Å². The molecule has 0 saturated heterocycles. The number of carbonyl (C=O) groups is 1. The summed E-state index contributed by atoms with van der Waals surface area (Å²) in [6.07, 6.45) is 1.61. The molecule has 33 heavy (non-hydrogen) atoms. The second kappa shape index (κ2) is 10.4. The number of cyclic esters (lactones) is 1. The Bertz CT molecular complexity index is 1280. The van der Waals surface area contributed by atoms with E-state index in [0.29, 0.717) is 39.8 Å². The molecule has 0 bridgehead atoms. The van der Waals surface area contributed by atoms with E-state index in [2.05, 4.69) is 27.6 Å². The van der Waals surface area contributed by atoms with Gasteiger partial charge in [0.05, 0.1) is 17.2 Å². The van der Waals surface area contributed by atoms with Crippen molar-refractivity contribution in [2.45, 2.75) is 13.5 Å². The molecule has 4 rings (SSSR count). The van der Waals surface area contributed by atoms with E-state index in [0.717, 1.165) is 3.57 Å². The van der Waals surface area contributed by atoms with Crippen LogP contribution in [-0.2, 0) is 16.1 Å². The minimum Gasteiger partial charge on any atom is -0.490 e. The molecule has 0 amide bonds. The Balaban J connectivity index is 1.58. The molecule has 8 heteroatoms. The van der Waals surface area contributed by atoms with Crippen LogP contribution in [-0.4, -0.2) is 18.5 Å². The van der Waals surface area contributed by atoms with Crippen molar-refractivity contribution in [1.29, 1.82) is 0 Å². The third-order valence-corrected chi connectivity index (χ3v) is 5.63. The maximum Gasteiger partial charge on any atom is 0.363 e. The van der Waals surface area contributed by atoms with Crippen molar-refractivity contribution in [3.05, 3.63) is 97.5 Å². The average molecular weight is 578 g/mol. The van der Waals surface area contributed by atoms with Crippen molar-refractivity contribution in [1.82, 2.24) is 0 Å². The highest BCUT2D eigenvalue weighted by molar-refractivity contribution is 14.1. The fraction of sp³-hybridized carbons (Fsp3) is 0.120. The van der Waals surface area contributed by atoms with E-state index < -0.39 is 5.97 Å². The first-order chi connectivity index (χ1) is 15.9. The first-order valence-corrected chi connectivity index (χ1v) is 11.5. The number of halogens is 3. The molecule has 1 aliphatic rings. The molecule has 0 aromatic heterocycles. The number of ether oxygens (including phenoxy) is 3. The van der Waals surface area contributed by atoms with Gasteiger partial charge in [0.25, 0.3) is 0 Å². The van der Waals surface area contributed by atoms with Gasteiger partial charge in [-0.1, -0.05) is 29.8 Å². The number of carbonyl (C=O) groups excluding carboxylic acids is 1. The van der Waals surface area contributed by atoms with Crippen LogP contribution < -0.4 is 9.47 Å². The second-order valence-corrected chi connectivity index (χ2v) is 8.67. The molecular weight excluding hydrogens is 560 g/mol. The van der Waals surface area contributed by atoms with Crippen LogP contribution in [0.1, 0.15) is 23.6 Å². The Hall–Kier alpha value is -2.91. The maximum atomic E-state index is 13.4. The molecule has 1 aliphatic heterocycles. The quantitative estimate of drug-likeness (QED) is 0.185. The number of rotatable bonds is 7. The number of benzene rings is 3. The Kier molecular flexibility index (Phi) is 7.29. The van der Waals surface area contributed by atoms with E-state index in [1.807, 2.05) is 13.0 Å². The lowest BCUT2D eigenvalue weighted by atomic mass is 10.1. The molecule has 1 heterocycles. The van der Waals surface area contributed by atoms with Gasteiger partial charge in [-0.25, -0.2) is 14.2 Å². The van der Waals surface area contributed by atoms with Gasteiger partial charge in [0.1, 0.15) is 12.4 Å². The van der Waals surface area contributed by atoms with Crippen LogP contribution in [0.5, 0.6) is 11.5 Å². The smallest absolute Gasteiger partial charge is 0.363 e. The van der Waals surface area contributed by atoms with Crippen LogP contribution in [0.15, 0.2) is 71.4 Å². The Labute approximate surface area is 209 Å². The van der Waals surface area contributed by atoms with Gasteiger partial charge in [-0.3, -0.25) is 0 Å². The van der Waals surface area contributed by atoms with Crippen LogP contribution in [0.2, 0.25) is 5.02 Å². The molecule has 5 nitrogen and oxygen atoms in total. The summed E-state index contributed by atoms with van der Waals surface area (Å²) in [6, 6.07) is 16.9. The highest BCUT2D eigenvalue weighted by Crippen LogP contribution is 2.31. The molecule has 0 unspecified atom stereocenters. The van der Waals surface area contributed by atoms with Gasteiger partial charge < -0.3 is 14.2 Å². The SMILES string of the molecule is CCOc1cc(C=C2N=C(c3cc(I)ccc3Cl)OC2=O)ccc1OCc1cccc(F)c1. The zero-order valence-corrected chi connectivity index (χ0v) is 20.4. The highest BCUT2D eigenvalue weighted by atomic mass is 127. The van der Waals surface area contributed by atoms with E-state index in [9.17, 15) is 9.18 Å². The summed E-state index contributed by atoms with van der Waals surface area (Å²) >= 11 is 8.39. The standard InChI is InChI=1S/C25H18ClFINO4/c1-2-31-23-12-15(6-9-22(23)32-14-16-4-3-5-17(27)10-16)11-21-25(30)33-24(29-21)19-13-18(28)7-8-20(19)26/h3-13H,2,14H2,1H3. The van der Waals surface area contributed by atoms with Crippen LogP contribution in [0.3, 0.4) is 0 Å². The number of esters is 1. The largest absolute Gasteiger partial charge is 0.490 e. The molecule has 0 spiro atoms. The second-order valence-electron chi connectivity index (χ2n) is 7.02. The Morgan fingerprint density at radius 2 is 1.94 bits per heavy atom. The molecule has 0 saturated carbocycles. The lowest BCUT2D eigenvalue weighted by Crippen LogP contribution is -2.06. The van der Waals surface area contributed by atoms with Gasteiger partial charge in [0.2, 0.25) is 5.90 Å². The fourth-order valence-electron chi connectivity index (χ4n) is 3.13. The summed E-state index contributed by atoms with van der Waals surface area (Å²) in [5.74, 6) is 0.281. The molecular formula is C25H18ClFINO4. The van der Waals surface area contributed by atoms with E-state index >= 15 is 0 Å². The van der Waals surface area contributed by atoms with Crippen molar-refractivity contribution in [2.24, 2.45) is 4.99 Å². The molecule has 3 aromatic rings. The van der Waals surface area contributed by atoms with Gasteiger partial charge in [-0.2, -0.15) is 0 Å². The third-order valence-electron chi connectivity index (χ3n) is 4.63. The molecule has 0 aliphatic carbocycles. The number of hydrogen-bond donors (Lipinski definition) is 0. The van der Waals surface area contributed by atoms with Gasteiger partial charge in [0, 0.05) is 3.57 Å². The summed E-state index contributed by atoms with van der Waals surface area (Å²) in [4.78, 5) is 16.7.